The monoisotopic (exact) mass is 361 g/mol. The molecule has 1 aliphatic rings. The fraction of sp³-hybridized carbons (Fsp3) is 0.353. The Labute approximate surface area is 149 Å². The molecule has 0 bridgehead atoms. The SMILES string of the molecule is CC(=O)c1ccc(NC(=O)[C@@H](C)OC(=O)CN2C(=O)CN(C)C2=O)cc1. The van der Waals surface area contributed by atoms with Crippen LogP contribution in [-0.2, 0) is 19.1 Å². The van der Waals surface area contributed by atoms with Gasteiger partial charge in [-0.1, -0.05) is 0 Å². The number of hydrogen-bond acceptors (Lipinski definition) is 6. The van der Waals surface area contributed by atoms with Crippen molar-refractivity contribution in [3.63, 3.8) is 0 Å². The van der Waals surface area contributed by atoms with Crippen LogP contribution in [0.4, 0.5) is 10.5 Å². The number of ketones is 1. The van der Waals surface area contributed by atoms with E-state index in [4.69, 9.17) is 4.74 Å². The zero-order valence-electron chi connectivity index (χ0n) is 14.6. The molecule has 1 aromatic rings. The molecule has 0 aromatic heterocycles. The summed E-state index contributed by atoms with van der Waals surface area (Å²) >= 11 is 0. The third-order valence-corrected chi connectivity index (χ3v) is 3.75. The van der Waals surface area contributed by atoms with Gasteiger partial charge in [0, 0.05) is 18.3 Å². The summed E-state index contributed by atoms with van der Waals surface area (Å²) in [6.07, 6.45) is -1.12. The molecule has 0 radical (unpaired) electrons. The first-order valence-electron chi connectivity index (χ1n) is 7.86. The molecule has 1 saturated heterocycles. The third-order valence-electron chi connectivity index (χ3n) is 3.75. The molecule has 9 nitrogen and oxygen atoms in total. The number of nitrogens with one attached hydrogen (secondary N) is 1. The summed E-state index contributed by atoms with van der Waals surface area (Å²) in [5.41, 5.74) is 0.946. The molecule has 0 unspecified atom stereocenters. The van der Waals surface area contributed by atoms with Crippen LogP contribution in [0.5, 0.6) is 0 Å². The number of nitrogens with zero attached hydrogens (tertiary/aromatic N) is 2. The van der Waals surface area contributed by atoms with Crippen molar-refractivity contribution in [2.45, 2.75) is 20.0 Å². The number of esters is 1. The highest BCUT2D eigenvalue weighted by Gasteiger charge is 2.35. The molecule has 9 heteroatoms. The molecule has 1 aromatic carbocycles. The molecule has 26 heavy (non-hydrogen) atoms. The Bertz CT molecular complexity index is 758. The van der Waals surface area contributed by atoms with E-state index in [0.29, 0.717) is 11.3 Å². The Hall–Kier alpha value is -3.23. The number of rotatable bonds is 6. The van der Waals surface area contributed by atoms with Crippen molar-refractivity contribution in [2.75, 3.05) is 25.5 Å². The summed E-state index contributed by atoms with van der Waals surface area (Å²) in [5.74, 6) is -2.04. The number of Topliss-reactive ketones (excluding diaryl/α,β-unsaturated/α-hetero) is 1. The quantitative estimate of drug-likeness (QED) is 0.452. The van der Waals surface area contributed by atoms with Gasteiger partial charge in [-0.25, -0.2) is 4.79 Å². The molecule has 138 valence electrons. The highest BCUT2D eigenvalue weighted by Crippen LogP contribution is 2.12. The van der Waals surface area contributed by atoms with Gasteiger partial charge in [-0.3, -0.25) is 24.1 Å². The average Bonchev–Trinajstić information content (AvgIpc) is 2.81. The lowest BCUT2D eigenvalue weighted by Crippen LogP contribution is -2.39. The average molecular weight is 361 g/mol. The molecule has 0 spiro atoms. The third kappa shape index (κ3) is 4.44. The molecule has 1 N–H and O–H groups in total. The smallest absolute Gasteiger partial charge is 0.327 e. The molecule has 1 fully saturated rings. The molecule has 0 saturated carbocycles. The Kier molecular flexibility index (Phi) is 5.71. The van der Waals surface area contributed by atoms with Gasteiger partial charge in [-0.15, -0.1) is 0 Å². The van der Waals surface area contributed by atoms with Crippen LogP contribution in [-0.4, -0.2) is 65.6 Å². The maximum Gasteiger partial charge on any atom is 0.327 e. The van der Waals surface area contributed by atoms with Crippen LogP contribution in [0.1, 0.15) is 24.2 Å². The van der Waals surface area contributed by atoms with E-state index in [0.717, 1.165) is 4.90 Å². The first-order chi connectivity index (χ1) is 12.2. The summed E-state index contributed by atoms with van der Waals surface area (Å²) in [4.78, 5) is 60.4. The molecule has 4 amide bonds. The number of anilines is 1. The number of carbonyl (C=O) groups excluding carboxylic acids is 5. The number of ether oxygens (including phenoxy) is 1. The first kappa shape index (κ1) is 19.1. The van der Waals surface area contributed by atoms with Crippen molar-refractivity contribution >= 4 is 35.3 Å². The number of benzene rings is 1. The van der Waals surface area contributed by atoms with Gasteiger partial charge in [-0.2, -0.15) is 0 Å². The lowest BCUT2D eigenvalue weighted by molar-refractivity contribution is -0.154. The Morgan fingerprint density at radius 2 is 1.81 bits per heavy atom. The second-order valence-corrected chi connectivity index (χ2v) is 5.87. The van der Waals surface area contributed by atoms with Gasteiger partial charge in [0.15, 0.2) is 11.9 Å². The minimum absolute atomic E-state index is 0.0955. The van der Waals surface area contributed by atoms with Crippen molar-refractivity contribution in [1.29, 1.82) is 0 Å². The number of urea groups is 1. The summed E-state index contributed by atoms with van der Waals surface area (Å²) in [6.45, 7) is 2.16. The number of amides is 4. The van der Waals surface area contributed by atoms with E-state index in [1.165, 1.54) is 25.8 Å². The minimum Gasteiger partial charge on any atom is -0.451 e. The van der Waals surface area contributed by atoms with Gasteiger partial charge in [0.1, 0.15) is 13.1 Å². The lowest BCUT2D eigenvalue weighted by Gasteiger charge is -2.16. The van der Waals surface area contributed by atoms with Gasteiger partial charge < -0.3 is 15.0 Å². The number of hydrogen-bond donors (Lipinski definition) is 1. The van der Waals surface area contributed by atoms with Crippen LogP contribution in [0.3, 0.4) is 0 Å². The number of imide groups is 1. The van der Waals surface area contributed by atoms with Crippen LogP contribution in [0.15, 0.2) is 24.3 Å². The van der Waals surface area contributed by atoms with E-state index < -0.39 is 36.5 Å². The van der Waals surface area contributed by atoms with Crippen molar-refractivity contribution in [3.05, 3.63) is 29.8 Å². The van der Waals surface area contributed by atoms with Gasteiger partial charge in [0.05, 0.1) is 0 Å². The van der Waals surface area contributed by atoms with E-state index in [-0.39, 0.29) is 12.3 Å². The van der Waals surface area contributed by atoms with E-state index in [2.05, 4.69) is 5.32 Å². The van der Waals surface area contributed by atoms with Crippen LogP contribution < -0.4 is 5.32 Å². The van der Waals surface area contributed by atoms with E-state index in [1.807, 2.05) is 0 Å². The maximum absolute atomic E-state index is 12.1. The molecule has 1 heterocycles. The normalized spacial score (nSPS) is 15.0. The van der Waals surface area contributed by atoms with Gasteiger partial charge in [0.25, 0.3) is 11.8 Å². The zero-order valence-corrected chi connectivity index (χ0v) is 14.6. The van der Waals surface area contributed by atoms with Crippen LogP contribution >= 0.6 is 0 Å². The highest BCUT2D eigenvalue weighted by molar-refractivity contribution is 6.04. The van der Waals surface area contributed by atoms with Crippen molar-refractivity contribution in [3.8, 4) is 0 Å². The molecular formula is C17H19N3O6. The fourth-order valence-electron chi connectivity index (χ4n) is 2.27. The largest absolute Gasteiger partial charge is 0.451 e. The summed E-state index contributed by atoms with van der Waals surface area (Å²) < 4.78 is 4.97. The maximum atomic E-state index is 12.1. The van der Waals surface area contributed by atoms with Gasteiger partial charge >= 0.3 is 12.0 Å². The first-order valence-corrected chi connectivity index (χ1v) is 7.86. The number of carbonyl (C=O) groups is 5. The Morgan fingerprint density at radius 3 is 2.31 bits per heavy atom. The summed E-state index contributed by atoms with van der Waals surface area (Å²) in [6, 6.07) is 5.65. The lowest BCUT2D eigenvalue weighted by atomic mass is 10.1. The van der Waals surface area contributed by atoms with Crippen LogP contribution in [0, 0.1) is 0 Å². The Morgan fingerprint density at radius 1 is 1.19 bits per heavy atom. The van der Waals surface area contributed by atoms with E-state index in [1.54, 1.807) is 24.3 Å². The molecule has 1 atom stereocenters. The molecule has 1 aliphatic heterocycles. The summed E-state index contributed by atoms with van der Waals surface area (Å²) in [7, 11) is 1.44. The predicted octanol–water partition coefficient (Wildman–Crippen LogP) is 0.653. The van der Waals surface area contributed by atoms with Crippen LogP contribution in [0.25, 0.3) is 0 Å². The number of likely N-dealkylation sites (N-methyl/N-ethyl adjacent to an activating group) is 1. The second kappa shape index (κ2) is 7.77. The molecule has 0 aliphatic carbocycles. The zero-order chi connectivity index (χ0) is 19.4. The molecule has 2 rings (SSSR count). The van der Waals surface area contributed by atoms with E-state index in [9.17, 15) is 24.0 Å². The summed E-state index contributed by atoms with van der Waals surface area (Å²) in [5, 5.41) is 2.55. The van der Waals surface area contributed by atoms with Crippen molar-refractivity contribution < 1.29 is 28.7 Å². The minimum atomic E-state index is -1.12. The predicted molar refractivity (Wildman–Crippen MR) is 90.4 cm³/mol. The topological polar surface area (TPSA) is 113 Å². The van der Waals surface area contributed by atoms with Crippen LogP contribution in [0.2, 0.25) is 0 Å². The molecular weight excluding hydrogens is 342 g/mol. The Balaban J connectivity index is 1.88. The standard InChI is InChI=1S/C17H19N3O6/c1-10(21)12-4-6-13(7-5-12)18-16(24)11(2)26-15(23)9-20-14(22)8-19(3)17(20)25/h4-7,11H,8-9H2,1-3H3,(H,18,24)/t11-/m1/s1. The fourth-order valence-corrected chi connectivity index (χ4v) is 2.27. The van der Waals surface area contributed by atoms with Gasteiger partial charge in [-0.05, 0) is 38.1 Å². The highest BCUT2D eigenvalue weighted by atomic mass is 16.5. The van der Waals surface area contributed by atoms with Crippen molar-refractivity contribution in [1.82, 2.24) is 9.80 Å². The second-order valence-electron chi connectivity index (χ2n) is 5.87. The van der Waals surface area contributed by atoms with Gasteiger partial charge in [0.2, 0.25) is 0 Å². The van der Waals surface area contributed by atoms with Crippen molar-refractivity contribution in [2.24, 2.45) is 0 Å². The van der Waals surface area contributed by atoms with E-state index >= 15 is 0 Å².